The van der Waals surface area contributed by atoms with Crippen molar-refractivity contribution in [1.82, 2.24) is 9.97 Å². The Morgan fingerprint density at radius 3 is 3.00 bits per heavy atom. The summed E-state index contributed by atoms with van der Waals surface area (Å²) in [6.07, 6.45) is 2.82. The molecule has 1 unspecified atom stereocenters. The first-order valence-corrected chi connectivity index (χ1v) is 5.84. The maximum Gasteiger partial charge on any atom is 0.250 e. The quantitative estimate of drug-likeness (QED) is 0.588. The lowest BCUT2D eigenvalue weighted by Crippen LogP contribution is -1.89. The maximum atomic E-state index is 10.6. The van der Waals surface area contributed by atoms with Crippen LogP contribution >= 0.6 is 0 Å². The van der Waals surface area contributed by atoms with Crippen LogP contribution in [0.25, 0.3) is 0 Å². The van der Waals surface area contributed by atoms with Crippen LogP contribution in [0.4, 0.5) is 5.82 Å². The van der Waals surface area contributed by atoms with Crippen LogP contribution in [-0.4, -0.2) is 23.9 Å². The van der Waals surface area contributed by atoms with Crippen LogP contribution in [0.2, 0.25) is 0 Å². The molecule has 5 nitrogen and oxygen atoms in total. The molecule has 1 aliphatic rings. The summed E-state index contributed by atoms with van der Waals surface area (Å²) in [6, 6.07) is 0. The first kappa shape index (κ1) is 7.56. The summed E-state index contributed by atoms with van der Waals surface area (Å²) in [6.45, 7) is 0. The zero-order chi connectivity index (χ0) is 8.55. The van der Waals surface area contributed by atoms with Gasteiger partial charge in [-0.1, -0.05) is 0 Å². The molecule has 2 heterocycles. The molecule has 2 rings (SSSR count). The van der Waals surface area contributed by atoms with Gasteiger partial charge in [-0.05, 0) is 0 Å². The van der Waals surface area contributed by atoms with E-state index in [1.54, 1.807) is 0 Å². The van der Waals surface area contributed by atoms with Crippen molar-refractivity contribution in [3.8, 4) is 0 Å². The van der Waals surface area contributed by atoms with Crippen LogP contribution in [0.3, 0.4) is 0 Å². The van der Waals surface area contributed by atoms with Gasteiger partial charge in [-0.15, -0.1) is 0 Å². The SMILES string of the molecule is O=S(=O)=S1C=Nc2ncncc21. The molecule has 62 valence electrons. The number of fused-ring (bicyclic) bond motifs is 1. The van der Waals surface area contributed by atoms with Gasteiger partial charge in [-0.25, -0.2) is 15.0 Å². The van der Waals surface area contributed by atoms with E-state index >= 15 is 0 Å². The van der Waals surface area contributed by atoms with Crippen LogP contribution in [0.1, 0.15) is 0 Å². The Morgan fingerprint density at radius 1 is 1.42 bits per heavy atom. The molecule has 0 radical (unpaired) electrons. The van der Waals surface area contributed by atoms with Gasteiger partial charge in [-0.2, -0.15) is 8.42 Å². The highest BCUT2D eigenvalue weighted by Crippen LogP contribution is 2.23. The Balaban J connectivity index is 2.81. The first-order chi connectivity index (χ1) is 5.79. The molecule has 0 fully saturated rings. The summed E-state index contributed by atoms with van der Waals surface area (Å²) in [5.41, 5.74) is 1.38. The zero-order valence-electron chi connectivity index (χ0n) is 5.71. The molecule has 0 aliphatic carbocycles. The second-order valence-electron chi connectivity index (χ2n) is 1.95. The molecular weight excluding hydrogens is 198 g/mol. The average molecular weight is 201 g/mol. The lowest BCUT2D eigenvalue weighted by Gasteiger charge is -1.90. The summed E-state index contributed by atoms with van der Waals surface area (Å²) >= 11 is 0. The molecule has 0 aromatic carbocycles. The van der Waals surface area contributed by atoms with Crippen LogP contribution in [0.15, 0.2) is 22.4 Å². The fraction of sp³-hybridized carbons (Fsp3) is 0. The molecule has 0 saturated carbocycles. The van der Waals surface area contributed by atoms with Gasteiger partial charge in [0.25, 0.3) is 9.26 Å². The number of hydrogen-bond donors (Lipinski definition) is 0. The third kappa shape index (κ3) is 1.07. The van der Waals surface area contributed by atoms with Gasteiger partial charge in [0.1, 0.15) is 6.33 Å². The smallest absolute Gasteiger partial charge is 0.243 e. The standard InChI is InChI=1S/C5H3N3O2S2/c9-12(10)11-3-8-5-4(11)1-6-2-7-5/h1-3H. The van der Waals surface area contributed by atoms with Crippen molar-refractivity contribution in [2.45, 2.75) is 4.90 Å². The summed E-state index contributed by atoms with van der Waals surface area (Å²) in [5, 5.41) is 0. The molecule has 1 aliphatic heterocycles. The fourth-order valence-corrected chi connectivity index (χ4v) is 2.92. The fourth-order valence-electron chi connectivity index (χ4n) is 0.812. The van der Waals surface area contributed by atoms with Gasteiger partial charge < -0.3 is 0 Å². The van der Waals surface area contributed by atoms with E-state index in [2.05, 4.69) is 15.0 Å². The minimum atomic E-state index is -2.15. The van der Waals surface area contributed by atoms with E-state index in [0.717, 1.165) is 0 Å². The minimum absolute atomic E-state index is 0.456. The van der Waals surface area contributed by atoms with Gasteiger partial charge in [0, 0.05) is 15.7 Å². The first-order valence-electron chi connectivity index (χ1n) is 2.96. The highest BCUT2D eigenvalue weighted by atomic mass is 32.9. The Bertz CT molecular complexity index is 483. The largest absolute Gasteiger partial charge is 0.250 e. The molecule has 0 spiro atoms. The van der Waals surface area contributed by atoms with Gasteiger partial charge >= 0.3 is 0 Å². The molecule has 1 aromatic heterocycles. The zero-order valence-corrected chi connectivity index (χ0v) is 7.34. The Hall–Kier alpha value is -1.08. The number of hydrogen-bond acceptors (Lipinski definition) is 5. The van der Waals surface area contributed by atoms with E-state index in [1.807, 2.05) is 0 Å². The summed E-state index contributed by atoms with van der Waals surface area (Å²) in [4.78, 5) is 12.0. The van der Waals surface area contributed by atoms with E-state index in [1.165, 1.54) is 18.1 Å². The Kier molecular flexibility index (Phi) is 1.74. The second-order valence-corrected chi connectivity index (χ2v) is 5.49. The van der Waals surface area contributed by atoms with Crippen LogP contribution in [0, 0.1) is 0 Å². The van der Waals surface area contributed by atoms with Crippen molar-refractivity contribution in [3.63, 3.8) is 0 Å². The van der Waals surface area contributed by atoms with Crippen molar-refractivity contribution in [2.24, 2.45) is 4.99 Å². The predicted molar refractivity (Wildman–Crippen MR) is 44.7 cm³/mol. The highest BCUT2D eigenvalue weighted by Gasteiger charge is 2.13. The number of nitrogens with zero attached hydrogens (tertiary/aromatic N) is 3. The van der Waals surface area contributed by atoms with E-state index in [9.17, 15) is 8.42 Å². The minimum Gasteiger partial charge on any atom is -0.243 e. The lowest BCUT2D eigenvalue weighted by atomic mass is 10.6. The molecule has 1 atom stereocenters. The predicted octanol–water partition coefficient (Wildman–Crippen LogP) is -0.0787. The lowest BCUT2D eigenvalue weighted by molar-refractivity contribution is 0.628. The summed E-state index contributed by atoms with van der Waals surface area (Å²) in [7, 11) is -3.11. The van der Waals surface area contributed by atoms with Gasteiger partial charge in [0.15, 0.2) is 5.82 Å². The number of aromatic nitrogens is 2. The molecule has 0 N–H and O–H groups in total. The third-order valence-electron chi connectivity index (χ3n) is 1.29. The third-order valence-corrected chi connectivity index (χ3v) is 4.28. The van der Waals surface area contributed by atoms with Gasteiger partial charge in [-0.3, -0.25) is 0 Å². The van der Waals surface area contributed by atoms with Crippen LogP contribution < -0.4 is 0 Å². The molecule has 0 amide bonds. The van der Waals surface area contributed by atoms with Crippen molar-refractivity contribution in [3.05, 3.63) is 12.5 Å². The molecule has 7 heteroatoms. The van der Waals surface area contributed by atoms with E-state index in [-0.39, 0.29) is 0 Å². The topological polar surface area (TPSA) is 72.3 Å². The van der Waals surface area contributed by atoms with Gasteiger partial charge in [0.05, 0.1) is 10.4 Å². The van der Waals surface area contributed by atoms with Crippen LogP contribution in [-0.2, 0) is 18.7 Å². The van der Waals surface area contributed by atoms with E-state index in [0.29, 0.717) is 10.7 Å². The van der Waals surface area contributed by atoms with Crippen molar-refractivity contribution in [2.75, 3.05) is 0 Å². The van der Waals surface area contributed by atoms with Crippen molar-refractivity contribution in [1.29, 1.82) is 0 Å². The second kappa shape index (κ2) is 2.76. The maximum absolute atomic E-state index is 10.6. The van der Waals surface area contributed by atoms with Crippen molar-refractivity contribution >= 4 is 30.1 Å². The molecule has 1 aromatic rings. The normalized spacial score (nSPS) is 19.2. The summed E-state index contributed by atoms with van der Waals surface area (Å²) < 4.78 is 21.3. The highest BCUT2D eigenvalue weighted by molar-refractivity contribution is 8.41. The average Bonchev–Trinajstić information content (AvgIpc) is 2.47. The van der Waals surface area contributed by atoms with Gasteiger partial charge in [0.2, 0.25) is 0 Å². The number of aliphatic imine (C=N–C) groups is 1. The Morgan fingerprint density at radius 2 is 2.25 bits per heavy atom. The van der Waals surface area contributed by atoms with Crippen LogP contribution in [0.5, 0.6) is 0 Å². The number of rotatable bonds is 0. The molecule has 0 bridgehead atoms. The molecular formula is C5H3N3O2S2. The Labute approximate surface area is 71.3 Å². The summed E-state index contributed by atoms with van der Waals surface area (Å²) in [5.74, 6) is 0.456. The van der Waals surface area contributed by atoms with E-state index < -0.39 is 18.7 Å². The van der Waals surface area contributed by atoms with Crippen molar-refractivity contribution < 1.29 is 8.42 Å². The van der Waals surface area contributed by atoms with E-state index in [4.69, 9.17) is 0 Å². The molecule has 0 saturated heterocycles. The molecule has 12 heavy (non-hydrogen) atoms. The monoisotopic (exact) mass is 201 g/mol.